The van der Waals surface area contributed by atoms with Crippen LogP contribution < -0.4 is 10.1 Å². The number of amides is 3. The van der Waals surface area contributed by atoms with Crippen LogP contribution in [0.15, 0.2) is 24.3 Å². The molecule has 8 nitrogen and oxygen atoms in total. The molecule has 1 aliphatic rings. The van der Waals surface area contributed by atoms with Crippen LogP contribution in [0, 0.1) is 0 Å². The van der Waals surface area contributed by atoms with Gasteiger partial charge in [-0.2, -0.15) is 0 Å². The minimum Gasteiger partial charge on any atom is -0.482 e. The van der Waals surface area contributed by atoms with E-state index >= 15 is 0 Å². The lowest BCUT2D eigenvalue weighted by atomic mass is 10.1. The molecule has 0 aliphatic carbocycles. The van der Waals surface area contributed by atoms with Gasteiger partial charge in [0, 0.05) is 18.7 Å². The fourth-order valence-corrected chi connectivity index (χ4v) is 2.13. The lowest BCUT2D eigenvalue weighted by Crippen LogP contribution is -2.42. The number of nitrogens with zero attached hydrogens (tertiary/aromatic N) is 1. The molecule has 128 valence electrons. The maximum absolute atomic E-state index is 12.0. The summed E-state index contributed by atoms with van der Waals surface area (Å²) in [5.41, 5.74) is 0.462. The van der Waals surface area contributed by atoms with Gasteiger partial charge in [0.05, 0.1) is 0 Å². The molecule has 1 atom stereocenters. The minimum absolute atomic E-state index is 0.119. The van der Waals surface area contributed by atoms with E-state index in [1.54, 1.807) is 18.2 Å². The number of carbonyl (C=O) groups is 4. The Morgan fingerprint density at radius 1 is 1.33 bits per heavy atom. The van der Waals surface area contributed by atoms with E-state index in [-0.39, 0.29) is 12.3 Å². The Kier molecular flexibility index (Phi) is 5.51. The van der Waals surface area contributed by atoms with Crippen LogP contribution in [0.25, 0.3) is 0 Å². The zero-order valence-electron chi connectivity index (χ0n) is 13.4. The lowest BCUT2D eigenvalue weighted by Gasteiger charge is -2.18. The number of carbonyl (C=O) groups excluding carboxylic acids is 4. The number of esters is 1. The number of Topliss-reactive ketones (excluding diaryl/α,β-unsaturated/α-hetero) is 1. The predicted octanol–water partition coefficient (Wildman–Crippen LogP) is 0.751. The zero-order valence-corrected chi connectivity index (χ0v) is 13.4. The Labute approximate surface area is 138 Å². The van der Waals surface area contributed by atoms with Gasteiger partial charge in [0.2, 0.25) is 0 Å². The highest BCUT2D eigenvalue weighted by Crippen LogP contribution is 2.14. The molecule has 1 N–H and O–H groups in total. The standard InChI is InChI=1S/C16H18N2O6/c1-10(19)12-4-3-5-13(8-12)23-9-14(20)24-11(2)15(21)18-7-6-17-16(18)22/h3-5,8,11H,6-7,9H2,1-2H3,(H,17,22)/t11-/m0/s1. The number of hydrogen-bond acceptors (Lipinski definition) is 6. The van der Waals surface area contributed by atoms with Gasteiger partial charge in [0.25, 0.3) is 5.91 Å². The number of urea groups is 1. The normalized spacial score (nSPS) is 14.8. The molecule has 0 unspecified atom stereocenters. The summed E-state index contributed by atoms with van der Waals surface area (Å²) >= 11 is 0. The topological polar surface area (TPSA) is 102 Å². The lowest BCUT2D eigenvalue weighted by molar-refractivity contribution is -0.159. The van der Waals surface area contributed by atoms with E-state index in [0.29, 0.717) is 17.9 Å². The summed E-state index contributed by atoms with van der Waals surface area (Å²) in [6.07, 6.45) is -1.09. The summed E-state index contributed by atoms with van der Waals surface area (Å²) in [6.45, 7) is 3.03. The Morgan fingerprint density at radius 3 is 2.71 bits per heavy atom. The first-order valence-electron chi connectivity index (χ1n) is 7.41. The van der Waals surface area contributed by atoms with Crippen molar-refractivity contribution in [1.29, 1.82) is 0 Å². The monoisotopic (exact) mass is 334 g/mol. The van der Waals surface area contributed by atoms with Gasteiger partial charge in [-0.25, -0.2) is 9.59 Å². The van der Waals surface area contributed by atoms with Crippen molar-refractivity contribution in [3.05, 3.63) is 29.8 Å². The fourth-order valence-electron chi connectivity index (χ4n) is 2.13. The van der Waals surface area contributed by atoms with Crippen molar-refractivity contribution >= 4 is 23.7 Å². The second-order valence-corrected chi connectivity index (χ2v) is 5.23. The Balaban J connectivity index is 1.84. The minimum atomic E-state index is -1.09. The van der Waals surface area contributed by atoms with Gasteiger partial charge in [0.15, 0.2) is 18.5 Å². The molecule has 0 radical (unpaired) electrons. The quantitative estimate of drug-likeness (QED) is 0.608. The average Bonchev–Trinajstić information content (AvgIpc) is 2.98. The first-order chi connectivity index (χ1) is 11.4. The maximum atomic E-state index is 12.0. The Morgan fingerprint density at radius 2 is 2.08 bits per heavy atom. The molecule has 0 saturated carbocycles. The molecule has 1 fully saturated rings. The Bertz CT molecular complexity index is 672. The number of nitrogens with one attached hydrogen (secondary N) is 1. The van der Waals surface area contributed by atoms with Gasteiger partial charge in [-0.15, -0.1) is 0 Å². The molecule has 0 bridgehead atoms. The van der Waals surface area contributed by atoms with E-state index in [4.69, 9.17) is 9.47 Å². The summed E-state index contributed by atoms with van der Waals surface area (Å²) in [6, 6.07) is 5.88. The molecule has 8 heteroatoms. The van der Waals surface area contributed by atoms with Crippen LogP contribution in [0.4, 0.5) is 4.79 Å². The number of imide groups is 1. The second kappa shape index (κ2) is 7.58. The fraction of sp³-hybridized carbons (Fsp3) is 0.375. The maximum Gasteiger partial charge on any atom is 0.344 e. The third-order valence-electron chi connectivity index (χ3n) is 3.38. The second-order valence-electron chi connectivity index (χ2n) is 5.23. The van der Waals surface area contributed by atoms with Gasteiger partial charge < -0.3 is 14.8 Å². The van der Waals surface area contributed by atoms with Crippen LogP contribution in [0.2, 0.25) is 0 Å². The first-order valence-corrected chi connectivity index (χ1v) is 7.41. The molecule has 3 amide bonds. The molecular weight excluding hydrogens is 316 g/mol. The van der Waals surface area contributed by atoms with Crippen molar-refractivity contribution in [2.75, 3.05) is 19.7 Å². The van der Waals surface area contributed by atoms with Gasteiger partial charge in [-0.05, 0) is 26.0 Å². The van der Waals surface area contributed by atoms with Crippen LogP contribution in [0.1, 0.15) is 24.2 Å². The van der Waals surface area contributed by atoms with Gasteiger partial charge >= 0.3 is 12.0 Å². The predicted molar refractivity (Wildman–Crippen MR) is 82.6 cm³/mol. The molecule has 0 aromatic heterocycles. The molecule has 24 heavy (non-hydrogen) atoms. The summed E-state index contributed by atoms with van der Waals surface area (Å²) in [4.78, 5) is 47.4. The highest BCUT2D eigenvalue weighted by atomic mass is 16.6. The summed E-state index contributed by atoms with van der Waals surface area (Å²) in [5.74, 6) is -1.11. The highest BCUT2D eigenvalue weighted by molar-refractivity contribution is 5.98. The van der Waals surface area contributed by atoms with Gasteiger partial charge in [-0.3, -0.25) is 14.5 Å². The number of hydrogen-bond donors (Lipinski definition) is 1. The van der Waals surface area contributed by atoms with E-state index in [9.17, 15) is 19.2 Å². The first kappa shape index (κ1) is 17.5. The van der Waals surface area contributed by atoms with Crippen molar-refractivity contribution in [3.8, 4) is 5.75 Å². The van der Waals surface area contributed by atoms with E-state index in [1.165, 1.54) is 19.9 Å². The van der Waals surface area contributed by atoms with Crippen LogP contribution in [-0.4, -0.2) is 54.4 Å². The highest BCUT2D eigenvalue weighted by Gasteiger charge is 2.31. The SMILES string of the molecule is CC(=O)c1cccc(OCC(=O)O[C@@H](C)C(=O)N2CCNC2=O)c1. The summed E-state index contributed by atoms with van der Waals surface area (Å²) < 4.78 is 10.2. The molecule has 2 rings (SSSR count). The van der Waals surface area contributed by atoms with Gasteiger partial charge in [0.1, 0.15) is 5.75 Å². The van der Waals surface area contributed by atoms with Crippen molar-refractivity contribution in [1.82, 2.24) is 10.2 Å². The van der Waals surface area contributed by atoms with E-state index in [2.05, 4.69) is 5.32 Å². The average molecular weight is 334 g/mol. The Hall–Kier alpha value is -2.90. The third-order valence-corrected chi connectivity index (χ3v) is 3.38. The van der Waals surface area contributed by atoms with Crippen LogP contribution in [0.3, 0.4) is 0 Å². The van der Waals surface area contributed by atoms with Crippen LogP contribution >= 0.6 is 0 Å². The van der Waals surface area contributed by atoms with Gasteiger partial charge in [-0.1, -0.05) is 12.1 Å². The van der Waals surface area contributed by atoms with E-state index in [0.717, 1.165) is 4.90 Å². The number of rotatable bonds is 6. The van der Waals surface area contributed by atoms with Crippen molar-refractivity contribution in [2.24, 2.45) is 0 Å². The van der Waals surface area contributed by atoms with E-state index < -0.39 is 30.6 Å². The van der Waals surface area contributed by atoms with Crippen LogP contribution in [-0.2, 0) is 14.3 Å². The zero-order chi connectivity index (χ0) is 17.7. The molecule has 0 spiro atoms. The third kappa shape index (κ3) is 4.31. The summed E-state index contributed by atoms with van der Waals surface area (Å²) in [7, 11) is 0. The number of benzene rings is 1. The number of ether oxygens (including phenoxy) is 2. The van der Waals surface area contributed by atoms with E-state index in [1.807, 2.05) is 0 Å². The summed E-state index contributed by atoms with van der Waals surface area (Å²) in [5, 5.41) is 2.49. The molecule has 1 aromatic carbocycles. The molecular formula is C16H18N2O6. The number of ketones is 1. The van der Waals surface area contributed by atoms with Crippen molar-refractivity contribution in [2.45, 2.75) is 20.0 Å². The molecule has 1 aliphatic heterocycles. The molecule has 1 heterocycles. The largest absolute Gasteiger partial charge is 0.482 e. The van der Waals surface area contributed by atoms with Crippen LogP contribution in [0.5, 0.6) is 5.75 Å². The molecule has 1 aromatic rings. The smallest absolute Gasteiger partial charge is 0.344 e. The van der Waals surface area contributed by atoms with Crippen molar-refractivity contribution in [3.63, 3.8) is 0 Å². The molecule has 1 saturated heterocycles. The van der Waals surface area contributed by atoms with Crippen molar-refractivity contribution < 1.29 is 28.7 Å².